The number of benzene rings is 2. The van der Waals surface area contributed by atoms with Gasteiger partial charge >= 0.3 is 5.69 Å². The van der Waals surface area contributed by atoms with Gasteiger partial charge in [-0.3, -0.25) is 19.2 Å². The van der Waals surface area contributed by atoms with Crippen LogP contribution in [0.25, 0.3) is 16.8 Å². The molecule has 0 unspecified atom stereocenters. The number of aryl methyl sites for hydroxylation is 1. The first-order valence-corrected chi connectivity index (χ1v) is 11.4. The highest BCUT2D eigenvalue weighted by Gasteiger charge is 2.20. The van der Waals surface area contributed by atoms with E-state index in [0.717, 1.165) is 40.9 Å². The van der Waals surface area contributed by atoms with Gasteiger partial charge in [0.15, 0.2) is 0 Å². The summed E-state index contributed by atoms with van der Waals surface area (Å²) >= 11 is 1.48. The average molecular weight is 435 g/mol. The summed E-state index contributed by atoms with van der Waals surface area (Å²) < 4.78 is 1.48. The lowest BCUT2D eigenvalue weighted by Gasteiger charge is -2.22. The predicted octanol–water partition coefficient (Wildman–Crippen LogP) is 4.01. The molecule has 0 saturated carbocycles. The van der Waals surface area contributed by atoms with Crippen LogP contribution in [0.5, 0.6) is 0 Å². The molecule has 0 bridgehead atoms. The van der Waals surface area contributed by atoms with Crippen molar-refractivity contribution in [2.75, 3.05) is 6.26 Å². The molecule has 1 aliphatic carbocycles. The molecule has 0 aliphatic heterocycles. The van der Waals surface area contributed by atoms with E-state index in [-0.39, 0.29) is 5.41 Å². The lowest BCUT2D eigenvalue weighted by Crippen LogP contribution is -2.27. The first kappa shape index (κ1) is 21.2. The number of nitrogens with zero attached hydrogens (tertiary/aromatic N) is 2. The Morgan fingerprint density at radius 1 is 1.03 bits per heavy atom. The lowest BCUT2D eigenvalue weighted by molar-refractivity contribution is 0.590. The van der Waals surface area contributed by atoms with E-state index in [0.29, 0.717) is 0 Å². The molecule has 0 atom stereocenters. The third kappa shape index (κ3) is 4.37. The van der Waals surface area contributed by atoms with E-state index < -0.39 is 11.2 Å². The van der Waals surface area contributed by atoms with E-state index >= 15 is 0 Å². The summed E-state index contributed by atoms with van der Waals surface area (Å²) in [6.45, 7) is 6.45. The third-order valence-corrected chi connectivity index (χ3v) is 5.81. The van der Waals surface area contributed by atoms with Gasteiger partial charge in [0, 0.05) is 24.1 Å². The Hall–Kier alpha value is -3.06. The number of fused-ring (bicyclic) bond motifs is 1. The van der Waals surface area contributed by atoms with E-state index in [1.807, 2.05) is 18.4 Å². The molecule has 4 rings (SSSR count). The van der Waals surface area contributed by atoms with Crippen molar-refractivity contribution < 1.29 is 0 Å². The van der Waals surface area contributed by atoms with Gasteiger partial charge < -0.3 is 0 Å². The van der Waals surface area contributed by atoms with Crippen molar-refractivity contribution in [2.24, 2.45) is 5.10 Å². The van der Waals surface area contributed by atoms with Gasteiger partial charge in [-0.2, -0.15) is 5.10 Å². The normalized spacial score (nSPS) is 14.6. The minimum absolute atomic E-state index is 0.101. The van der Waals surface area contributed by atoms with Gasteiger partial charge in [-0.25, -0.2) is 4.79 Å². The van der Waals surface area contributed by atoms with Crippen molar-refractivity contribution in [1.29, 1.82) is 0 Å². The van der Waals surface area contributed by atoms with Crippen molar-refractivity contribution in [3.8, 4) is 16.8 Å². The maximum atomic E-state index is 12.4. The average Bonchev–Trinajstić information content (AvgIpc) is 3.13. The van der Waals surface area contributed by atoms with E-state index in [2.05, 4.69) is 60.0 Å². The Balaban J connectivity index is 1.84. The summed E-state index contributed by atoms with van der Waals surface area (Å²) in [5, 5.41) is 4.46. The molecule has 0 saturated heterocycles. The fourth-order valence-corrected chi connectivity index (χ4v) is 4.04. The minimum atomic E-state index is -0.444. The van der Waals surface area contributed by atoms with Gasteiger partial charge in [0.1, 0.15) is 0 Å². The number of hydrogen-bond donors (Lipinski definition) is 2. The zero-order valence-corrected chi connectivity index (χ0v) is 19.0. The van der Waals surface area contributed by atoms with Crippen LogP contribution in [-0.4, -0.2) is 21.5 Å². The Labute approximate surface area is 185 Å². The maximum absolute atomic E-state index is 12.4. The first-order valence-electron chi connectivity index (χ1n) is 10.2. The van der Waals surface area contributed by atoms with Crippen LogP contribution in [0.4, 0.5) is 0 Å². The third-order valence-electron chi connectivity index (χ3n) is 5.54. The SMILES string of the molecule is CSN/N=C1\CCc2cc(-c3cc(-n4ccc(=O)[nH]c4=O)cc(C(C)(C)C)c3)ccc21. The molecule has 6 nitrogen and oxygen atoms in total. The molecule has 2 aromatic carbocycles. The number of aromatic nitrogens is 2. The van der Waals surface area contributed by atoms with E-state index in [1.54, 1.807) is 0 Å². The van der Waals surface area contributed by atoms with Crippen LogP contribution in [0.2, 0.25) is 0 Å². The second kappa shape index (κ2) is 8.23. The van der Waals surface area contributed by atoms with Crippen LogP contribution in [0.3, 0.4) is 0 Å². The summed E-state index contributed by atoms with van der Waals surface area (Å²) in [5.41, 5.74) is 6.59. The molecule has 7 heteroatoms. The standard InChI is InChI=1S/C24H26N4O2S/c1-24(2,3)18-12-17(13-19(14-18)28-10-9-22(29)25-23(28)30)15-5-7-20-16(11-15)6-8-21(20)26-27-31-4/h5,7,9-14,27H,6,8H2,1-4H3,(H,25,29,30)/b26-21+. The van der Waals surface area contributed by atoms with Gasteiger partial charge in [0.05, 0.1) is 11.4 Å². The van der Waals surface area contributed by atoms with Gasteiger partial charge in [-0.15, -0.1) is 0 Å². The number of hydrogen-bond acceptors (Lipinski definition) is 5. The Morgan fingerprint density at radius 3 is 2.55 bits per heavy atom. The highest BCUT2D eigenvalue weighted by molar-refractivity contribution is 7.96. The highest BCUT2D eigenvalue weighted by Crippen LogP contribution is 2.33. The van der Waals surface area contributed by atoms with Gasteiger partial charge in [-0.05, 0) is 64.6 Å². The quantitative estimate of drug-likeness (QED) is 0.480. The Bertz CT molecular complexity index is 1280. The molecule has 160 valence electrons. The van der Waals surface area contributed by atoms with E-state index in [4.69, 9.17) is 0 Å². The monoisotopic (exact) mass is 434 g/mol. The van der Waals surface area contributed by atoms with E-state index in [1.165, 1.54) is 39.9 Å². The second-order valence-corrected chi connectivity index (χ2v) is 9.32. The van der Waals surface area contributed by atoms with Gasteiger partial charge in [-0.1, -0.05) is 45.0 Å². The number of aromatic amines is 1. The summed E-state index contributed by atoms with van der Waals surface area (Å²) in [7, 11) is 0. The molecule has 1 heterocycles. The predicted molar refractivity (Wildman–Crippen MR) is 128 cm³/mol. The molecule has 0 amide bonds. The van der Waals surface area contributed by atoms with Crippen molar-refractivity contribution in [3.05, 3.63) is 86.2 Å². The maximum Gasteiger partial charge on any atom is 0.332 e. The van der Waals surface area contributed by atoms with Crippen LogP contribution < -0.4 is 16.1 Å². The van der Waals surface area contributed by atoms with Crippen molar-refractivity contribution in [3.63, 3.8) is 0 Å². The van der Waals surface area contributed by atoms with Crippen LogP contribution in [0.15, 0.2) is 63.4 Å². The highest BCUT2D eigenvalue weighted by atomic mass is 32.2. The van der Waals surface area contributed by atoms with Gasteiger partial charge in [0.25, 0.3) is 5.56 Å². The molecule has 1 aromatic heterocycles. The van der Waals surface area contributed by atoms with Crippen molar-refractivity contribution in [1.82, 2.24) is 14.4 Å². The van der Waals surface area contributed by atoms with Crippen molar-refractivity contribution >= 4 is 17.7 Å². The molecule has 0 radical (unpaired) electrons. The molecule has 3 aromatic rings. The molecule has 0 spiro atoms. The molecule has 31 heavy (non-hydrogen) atoms. The Kier molecular flexibility index (Phi) is 5.62. The van der Waals surface area contributed by atoms with Crippen LogP contribution in [-0.2, 0) is 11.8 Å². The first-order chi connectivity index (χ1) is 14.8. The smallest absolute Gasteiger partial charge is 0.274 e. The second-order valence-electron chi connectivity index (χ2n) is 8.72. The number of nitrogens with one attached hydrogen (secondary N) is 2. The Morgan fingerprint density at radius 2 is 1.84 bits per heavy atom. The van der Waals surface area contributed by atoms with Gasteiger partial charge in [0.2, 0.25) is 0 Å². The van der Waals surface area contributed by atoms with Crippen LogP contribution in [0, 0.1) is 0 Å². The van der Waals surface area contributed by atoms with Crippen molar-refractivity contribution in [2.45, 2.75) is 39.0 Å². The molecular formula is C24H26N4O2S. The molecule has 0 fully saturated rings. The summed E-state index contributed by atoms with van der Waals surface area (Å²) in [6, 6.07) is 14.0. The fourth-order valence-electron chi connectivity index (χ4n) is 3.84. The van der Waals surface area contributed by atoms with Crippen LogP contribution in [0.1, 0.15) is 43.9 Å². The largest absolute Gasteiger partial charge is 0.332 e. The number of rotatable bonds is 4. The molecule has 2 N–H and O–H groups in total. The number of hydrazone groups is 1. The number of H-pyrrole nitrogens is 1. The van der Waals surface area contributed by atoms with Crippen LogP contribution >= 0.6 is 11.9 Å². The molecule has 1 aliphatic rings. The lowest BCUT2D eigenvalue weighted by atomic mass is 9.84. The fraction of sp³-hybridized carbons (Fsp3) is 0.292. The zero-order chi connectivity index (χ0) is 22.2. The topological polar surface area (TPSA) is 79.2 Å². The summed E-state index contributed by atoms with van der Waals surface area (Å²) in [6.07, 6.45) is 5.36. The molecular weight excluding hydrogens is 408 g/mol. The summed E-state index contributed by atoms with van der Waals surface area (Å²) in [4.78, 5) is 29.2. The van der Waals surface area contributed by atoms with E-state index in [9.17, 15) is 9.59 Å². The summed E-state index contributed by atoms with van der Waals surface area (Å²) in [5.74, 6) is 0. The zero-order valence-electron chi connectivity index (χ0n) is 18.2. The minimum Gasteiger partial charge on any atom is -0.274 e.